The van der Waals surface area contributed by atoms with Gasteiger partial charge in [0.25, 0.3) is 5.60 Å². The number of sulfone groups is 1. The number of benzene rings is 3. The summed E-state index contributed by atoms with van der Waals surface area (Å²) in [6, 6.07) is 8.10. The van der Waals surface area contributed by atoms with Crippen molar-refractivity contribution in [3.8, 4) is 0 Å². The van der Waals surface area contributed by atoms with Crippen LogP contribution in [0.2, 0.25) is 0 Å². The number of piperidine rings is 1. The van der Waals surface area contributed by atoms with Crippen molar-refractivity contribution in [3.05, 3.63) is 101 Å². The van der Waals surface area contributed by atoms with Gasteiger partial charge in [-0.15, -0.1) is 0 Å². The van der Waals surface area contributed by atoms with E-state index in [-0.39, 0.29) is 25.1 Å². The molecule has 2 aliphatic heterocycles. The number of ether oxygens (including phenoxy) is 1. The second-order valence-electron chi connectivity index (χ2n) is 12.1. The minimum Gasteiger partial charge on any atom is -0.392 e. The molecule has 5 rings (SSSR count). The van der Waals surface area contributed by atoms with Gasteiger partial charge in [0.1, 0.15) is 22.2 Å². The van der Waals surface area contributed by atoms with Crippen molar-refractivity contribution < 1.29 is 62.9 Å². The zero-order chi connectivity index (χ0) is 36.0. The minimum absolute atomic E-state index is 0.0673. The van der Waals surface area contributed by atoms with Gasteiger partial charge in [0.2, 0.25) is 0 Å². The lowest BCUT2D eigenvalue weighted by atomic mass is 9.88. The van der Waals surface area contributed by atoms with E-state index in [1.54, 1.807) is 0 Å². The summed E-state index contributed by atoms with van der Waals surface area (Å²) in [6.45, 7) is -1.91. The van der Waals surface area contributed by atoms with Gasteiger partial charge in [-0.05, 0) is 61.2 Å². The number of hydrogen-bond donors (Lipinski definition) is 2. The van der Waals surface area contributed by atoms with Crippen LogP contribution in [0.5, 0.6) is 0 Å². The maximum absolute atomic E-state index is 14.5. The number of alkyl halides is 6. The van der Waals surface area contributed by atoms with Gasteiger partial charge in [-0.1, -0.05) is 30.3 Å². The fraction of sp³-hybridized carbons (Fsp3) is 0.438. The van der Waals surface area contributed by atoms with Crippen LogP contribution in [0.1, 0.15) is 36.0 Å². The number of nitrogens with zero attached hydrogens (tertiary/aromatic N) is 2. The molecule has 0 aromatic heterocycles. The first-order valence-corrected chi connectivity index (χ1v) is 16.5. The van der Waals surface area contributed by atoms with Crippen LogP contribution >= 0.6 is 0 Å². The first kappa shape index (κ1) is 37.0. The number of aliphatic hydroxyl groups excluding tert-OH is 2. The molecule has 3 aromatic rings. The van der Waals surface area contributed by atoms with Crippen LogP contribution in [0.3, 0.4) is 0 Å². The standard InChI is InChI=1S/C32H31F9N2O5S/c33-22-10-12-24(13-11-22)49(46,47)29(14-16-43(19-29)28(45)42-15-2-3-23(44)17-42)20-6-8-21(9-7-20)30(31(36,37)38,32(39,40)41)48-18-25-26(34)4-1-5-27(25)35/h1,4-13,23,28,44-45H,2-3,14-19H2. The Hall–Kier alpha value is -3.22. The second kappa shape index (κ2) is 13.5. The Kier molecular flexibility index (Phi) is 10.2. The van der Waals surface area contributed by atoms with Crippen molar-refractivity contribution in [2.75, 3.05) is 26.2 Å². The zero-order valence-corrected chi connectivity index (χ0v) is 26.3. The summed E-state index contributed by atoms with van der Waals surface area (Å²) in [5.41, 5.74) is -8.05. The van der Waals surface area contributed by atoms with E-state index in [0.29, 0.717) is 43.7 Å². The van der Waals surface area contributed by atoms with Gasteiger partial charge < -0.3 is 14.9 Å². The second-order valence-corrected chi connectivity index (χ2v) is 14.3. The summed E-state index contributed by atoms with van der Waals surface area (Å²) in [5.74, 6) is -3.64. The maximum atomic E-state index is 14.5. The molecule has 0 radical (unpaired) electrons. The van der Waals surface area contributed by atoms with Crippen LogP contribution in [0, 0.1) is 17.5 Å². The van der Waals surface area contributed by atoms with Crippen LogP contribution < -0.4 is 0 Å². The van der Waals surface area contributed by atoms with Crippen molar-refractivity contribution >= 4 is 9.84 Å². The SMILES string of the molecule is O=S(=O)(c1ccc(F)cc1)C1(c2ccc(C(OCc3c(F)cccc3F)(C(F)(F)F)C(F)(F)F)cc2)CCN(C(O)N2CCCC(O)C2)C1. The topological polar surface area (TPSA) is 90.3 Å². The van der Waals surface area contributed by atoms with Gasteiger partial charge in [0.05, 0.1) is 17.6 Å². The van der Waals surface area contributed by atoms with Gasteiger partial charge in [-0.3, -0.25) is 9.80 Å². The zero-order valence-electron chi connectivity index (χ0n) is 25.5. The van der Waals surface area contributed by atoms with Gasteiger partial charge in [-0.2, -0.15) is 26.3 Å². The lowest BCUT2D eigenvalue weighted by Crippen LogP contribution is -2.56. The fourth-order valence-corrected chi connectivity index (χ4v) is 8.56. The molecule has 268 valence electrons. The number of aliphatic hydroxyl groups is 2. The molecule has 3 unspecified atom stereocenters. The highest BCUT2D eigenvalue weighted by molar-refractivity contribution is 7.92. The number of likely N-dealkylation sites (tertiary alicyclic amines) is 2. The number of halogens is 9. The third kappa shape index (κ3) is 6.68. The van der Waals surface area contributed by atoms with Crippen LogP contribution in [0.15, 0.2) is 71.6 Å². The maximum Gasteiger partial charge on any atom is 0.430 e. The van der Waals surface area contributed by atoms with Crippen LogP contribution in [0.4, 0.5) is 39.5 Å². The molecule has 7 nitrogen and oxygen atoms in total. The molecule has 0 aliphatic carbocycles. The Labute approximate surface area is 275 Å². The van der Waals surface area contributed by atoms with Crippen LogP contribution in [-0.4, -0.2) is 79.4 Å². The van der Waals surface area contributed by atoms with Gasteiger partial charge in [0.15, 0.2) is 16.2 Å². The molecule has 0 saturated carbocycles. The summed E-state index contributed by atoms with van der Waals surface area (Å²) >= 11 is 0. The van der Waals surface area contributed by atoms with E-state index >= 15 is 0 Å². The van der Waals surface area contributed by atoms with E-state index in [1.165, 1.54) is 9.80 Å². The number of hydrogen-bond acceptors (Lipinski definition) is 7. The average molecular weight is 727 g/mol. The molecule has 2 fully saturated rings. The molecule has 0 amide bonds. The molecule has 2 N–H and O–H groups in total. The van der Waals surface area contributed by atoms with E-state index in [0.717, 1.165) is 42.5 Å². The Bertz CT molecular complexity index is 1700. The van der Waals surface area contributed by atoms with Gasteiger partial charge >= 0.3 is 12.4 Å². The highest BCUT2D eigenvalue weighted by atomic mass is 32.2. The Morgan fingerprint density at radius 3 is 2.00 bits per heavy atom. The lowest BCUT2D eigenvalue weighted by molar-refractivity contribution is -0.392. The predicted octanol–water partition coefficient (Wildman–Crippen LogP) is 5.75. The fourth-order valence-electron chi connectivity index (χ4n) is 6.48. The molecule has 0 bridgehead atoms. The Balaban J connectivity index is 1.59. The molecule has 3 atom stereocenters. The third-order valence-corrected chi connectivity index (χ3v) is 11.6. The minimum atomic E-state index is -6.22. The Morgan fingerprint density at radius 1 is 0.857 bits per heavy atom. The summed E-state index contributed by atoms with van der Waals surface area (Å²) in [7, 11) is -4.59. The van der Waals surface area contributed by atoms with Gasteiger partial charge in [-0.25, -0.2) is 21.6 Å². The quantitative estimate of drug-likeness (QED) is 0.215. The molecular weight excluding hydrogens is 695 g/mol. The summed E-state index contributed by atoms with van der Waals surface area (Å²) in [4.78, 5) is 2.47. The molecule has 49 heavy (non-hydrogen) atoms. The van der Waals surface area contributed by atoms with E-state index in [2.05, 4.69) is 4.74 Å². The van der Waals surface area contributed by atoms with Gasteiger partial charge in [0, 0.05) is 37.3 Å². The number of rotatable bonds is 9. The predicted molar refractivity (Wildman–Crippen MR) is 156 cm³/mol. The van der Waals surface area contributed by atoms with Crippen molar-refractivity contribution in [2.24, 2.45) is 0 Å². The number of β-amino-alcohol motifs (C(OH)–C–C–N with tert-alkyl or cyclic N) is 1. The Morgan fingerprint density at radius 2 is 1.45 bits per heavy atom. The average Bonchev–Trinajstić information content (AvgIpc) is 3.49. The lowest BCUT2D eigenvalue weighted by Gasteiger charge is -2.39. The first-order valence-electron chi connectivity index (χ1n) is 15.0. The summed E-state index contributed by atoms with van der Waals surface area (Å²) in [5, 5.41) is 21.2. The smallest absolute Gasteiger partial charge is 0.392 e. The third-order valence-electron chi connectivity index (χ3n) is 9.09. The van der Waals surface area contributed by atoms with E-state index in [4.69, 9.17) is 0 Å². The van der Waals surface area contributed by atoms with Crippen LogP contribution in [-0.2, 0) is 31.5 Å². The molecule has 2 heterocycles. The van der Waals surface area contributed by atoms with Crippen molar-refractivity contribution in [3.63, 3.8) is 0 Å². The highest BCUT2D eigenvalue weighted by Gasteiger charge is 2.73. The molecule has 0 spiro atoms. The first-order chi connectivity index (χ1) is 22.8. The molecule has 2 saturated heterocycles. The van der Waals surface area contributed by atoms with E-state index in [9.17, 15) is 58.1 Å². The highest BCUT2D eigenvalue weighted by Crippen LogP contribution is 2.54. The normalized spacial score (nSPS) is 22.4. The summed E-state index contributed by atoms with van der Waals surface area (Å²) in [6.07, 6.45) is -13.9. The van der Waals surface area contributed by atoms with E-state index < -0.39 is 91.6 Å². The molecule has 17 heteroatoms. The largest absolute Gasteiger partial charge is 0.430 e. The molecule has 2 aliphatic rings. The molecular formula is C32H31F9N2O5S. The van der Waals surface area contributed by atoms with E-state index in [1.807, 2.05) is 0 Å². The van der Waals surface area contributed by atoms with Crippen molar-refractivity contribution in [1.29, 1.82) is 0 Å². The summed E-state index contributed by atoms with van der Waals surface area (Å²) < 4.78 is 160. The monoisotopic (exact) mass is 726 g/mol. The van der Waals surface area contributed by atoms with Crippen molar-refractivity contribution in [2.45, 2.75) is 65.9 Å². The van der Waals surface area contributed by atoms with Crippen molar-refractivity contribution in [1.82, 2.24) is 9.80 Å². The van der Waals surface area contributed by atoms with Crippen LogP contribution in [0.25, 0.3) is 0 Å². The molecule has 3 aromatic carbocycles.